The number of alkyl halides is 3. The molecule has 0 amide bonds. The number of benzene rings is 2. The van der Waals surface area contributed by atoms with Crippen molar-refractivity contribution in [1.82, 2.24) is 0 Å². The van der Waals surface area contributed by atoms with Crippen molar-refractivity contribution in [2.75, 3.05) is 0 Å². The average molecular weight is 480 g/mol. The van der Waals surface area contributed by atoms with Crippen molar-refractivity contribution in [3.8, 4) is 0 Å². The van der Waals surface area contributed by atoms with Crippen LogP contribution in [0.4, 0.5) is 13.2 Å². The van der Waals surface area contributed by atoms with Crippen molar-refractivity contribution in [2.45, 2.75) is 44.8 Å². The molecular formula is C20H24F3O6PS. The van der Waals surface area contributed by atoms with Gasteiger partial charge in [-0.2, -0.15) is 21.6 Å². The SMILES string of the molecule is CC(C)CC(OS(=O)(=O)C(F)(F)F)P(=O)(OCc1ccccc1)OCc1ccccc1. The van der Waals surface area contributed by atoms with E-state index < -0.39 is 29.1 Å². The Balaban J connectivity index is 2.35. The summed E-state index contributed by atoms with van der Waals surface area (Å²) in [6.07, 6.45) is -0.295. The lowest BCUT2D eigenvalue weighted by Gasteiger charge is -2.28. The van der Waals surface area contributed by atoms with Crippen LogP contribution in [0, 0.1) is 5.92 Å². The van der Waals surface area contributed by atoms with E-state index in [2.05, 4.69) is 4.18 Å². The van der Waals surface area contributed by atoms with Crippen molar-refractivity contribution in [3.05, 3.63) is 71.8 Å². The Labute approximate surface area is 180 Å². The van der Waals surface area contributed by atoms with E-state index in [1.54, 1.807) is 74.5 Å². The molecule has 0 aliphatic rings. The van der Waals surface area contributed by atoms with Crippen LogP contribution in [0.15, 0.2) is 60.7 Å². The molecule has 2 aromatic carbocycles. The highest BCUT2D eigenvalue weighted by Gasteiger charge is 2.52. The van der Waals surface area contributed by atoms with E-state index in [0.29, 0.717) is 11.1 Å². The normalized spacial score (nSPS) is 14.0. The first kappa shape index (κ1) is 25.5. The fourth-order valence-corrected chi connectivity index (χ4v) is 5.49. The molecule has 0 bridgehead atoms. The van der Waals surface area contributed by atoms with Crippen molar-refractivity contribution in [2.24, 2.45) is 5.92 Å². The van der Waals surface area contributed by atoms with Crippen molar-refractivity contribution in [1.29, 1.82) is 0 Å². The number of rotatable bonds is 11. The van der Waals surface area contributed by atoms with Gasteiger partial charge in [0.15, 0.2) is 5.85 Å². The summed E-state index contributed by atoms with van der Waals surface area (Å²) in [5, 5.41) is 0. The molecular weight excluding hydrogens is 456 g/mol. The van der Waals surface area contributed by atoms with Crippen LogP contribution >= 0.6 is 7.60 Å². The third-order valence-electron chi connectivity index (χ3n) is 4.05. The monoisotopic (exact) mass is 480 g/mol. The average Bonchev–Trinajstić information content (AvgIpc) is 2.70. The largest absolute Gasteiger partial charge is 0.523 e. The van der Waals surface area contributed by atoms with E-state index in [0.717, 1.165) is 0 Å². The molecule has 1 atom stereocenters. The summed E-state index contributed by atoms with van der Waals surface area (Å²) < 4.78 is 91.0. The molecule has 0 radical (unpaired) electrons. The maximum atomic E-state index is 13.6. The summed E-state index contributed by atoms with van der Waals surface area (Å²) in [6.45, 7) is 2.71. The minimum absolute atomic E-state index is 0.267. The van der Waals surface area contributed by atoms with E-state index in [-0.39, 0.29) is 25.6 Å². The summed E-state index contributed by atoms with van der Waals surface area (Å²) in [5.74, 6) is -2.33. The van der Waals surface area contributed by atoms with E-state index in [4.69, 9.17) is 9.05 Å². The lowest BCUT2D eigenvalue weighted by Crippen LogP contribution is -2.31. The zero-order valence-electron chi connectivity index (χ0n) is 17.0. The fourth-order valence-electron chi connectivity index (χ4n) is 2.51. The zero-order chi connectivity index (χ0) is 23.1. The highest BCUT2D eigenvalue weighted by Crippen LogP contribution is 2.57. The van der Waals surface area contributed by atoms with Crippen molar-refractivity contribution < 1.29 is 39.4 Å². The van der Waals surface area contributed by atoms with Crippen molar-refractivity contribution >= 4 is 17.7 Å². The molecule has 6 nitrogen and oxygen atoms in total. The van der Waals surface area contributed by atoms with Crippen LogP contribution in [0.25, 0.3) is 0 Å². The lowest BCUT2D eigenvalue weighted by molar-refractivity contribution is -0.0563. The van der Waals surface area contributed by atoms with Gasteiger partial charge in [0.2, 0.25) is 0 Å². The van der Waals surface area contributed by atoms with Crippen LogP contribution in [0.3, 0.4) is 0 Å². The second kappa shape index (κ2) is 10.7. The predicted octanol–water partition coefficient (Wildman–Crippen LogP) is 5.85. The minimum Gasteiger partial charge on any atom is -0.302 e. The van der Waals surface area contributed by atoms with Crippen LogP contribution in [0.2, 0.25) is 0 Å². The molecule has 0 spiro atoms. The van der Waals surface area contributed by atoms with Crippen LogP contribution in [-0.4, -0.2) is 19.8 Å². The molecule has 2 rings (SSSR count). The maximum absolute atomic E-state index is 13.6. The second-order valence-corrected chi connectivity index (χ2v) is 10.9. The first-order valence-corrected chi connectivity index (χ1v) is 12.4. The quantitative estimate of drug-likeness (QED) is 0.228. The summed E-state index contributed by atoms with van der Waals surface area (Å²) in [6, 6.07) is 16.9. The van der Waals surface area contributed by atoms with Crippen LogP contribution in [-0.2, 0) is 41.1 Å². The van der Waals surface area contributed by atoms with Gasteiger partial charge in [-0.3, -0.25) is 4.57 Å². The topological polar surface area (TPSA) is 78.9 Å². The molecule has 0 saturated heterocycles. The number of hydrogen-bond donors (Lipinski definition) is 0. The first-order chi connectivity index (χ1) is 14.4. The van der Waals surface area contributed by atoms with Gasteiger partial charge in [-0.05, 0) is 23.5 Å². The third-order valence-corrected chi connectivity index (χ3v) is 7.25. The molecule has 0 saturated carbocycles. The van der Waals surface area contributed by atoms with E-state index in [1.807, 2.05) is 0 Å². The Morgan fingerprint density at radius 2 is 1.29 bits per heavy atom. The Bertz CT molecular complexity index is 918. The molecule has 0 aliphatic heterocycles. The molecule has 0 heterocycles. The summed E-state index contributed by atoms with van der Waals surface area (Å²) in [4.78, 5) is 0. The van der Waals surface area contributed by atoms with Gasteiger partial charge in [-0.25, -0.2) is 4.18 Å². The molecule has 2 aromatic rings. The van der Waals surface area contributed by atoms with Crippen LogP contribution in [0.5, 0.6) is 0 Å². The molecule has 0 aliphatic carbocycles. The van der Waals surface area contributed by atoms with Gasteiger partial charge in [0.25, 0.3) is 0 Å². The van der Waals surface area contributed by atoms with Gasteiger partial charge in [-0.1, -0.05) is 74.5 Å². The minimum atomic E-state index is -6.02. The standard InChI is InChI=1S/C20H24F3O6PS/c1-16(2)13-19(29-31(25,26)20(21,22)23)30(24,27-14-17-9-5-3-6-10-17)28-15-18-11-7-4-8-12-18/h3-12,16,19H,13-15H2,1-2H3. The molecule has 172 valence electrons. The van der Waals surface area contributed by atoms with Gasteiger partial charge in [0.05, 0.1) is 13.2 Å². The van der Waals surface area contributed by atoms with Gasteiger partial charge < -0.3 is 9.05 Å². The number of halogens is 3. The molecule has 0 N–H and O–H groups in total. The lowest BCUT2D eigenvalue weighted by atomic mass is 10.1. The summed E-state index contributed by atoms with van der Waals surface area (Å²) in [7, 11) is -10.5. The fraction of sp³-hybridized carbons (Fsp3) is 0.400. The van der Waals surface area contributed by atoms with Gasteiger partial charge in [0.1, 0.15) is 0 Å². The van der Waals surface area contributed by atoms with Crippen LogP contribution in [0.1, 0.15) is 31.4 Å². The second-order valence-electron chi connectivity index (χ2n) is 7.14. The highest BCUT2D eigenvalue weighted by atomic mass is 32.2. The smallest absolute Gasteiger partial charge is 0.302 e. The maximum Gasteiger partial charge on any atom is 0.523 e. The van der Waals surface area contributed by atoms with E-state index in [1.165, 1.54) is 0 Å². The van der Waals surface area contributed by atoms with Crippen molar-refractivity contribution in [3.63, 3.8) is 0 Å². The van der Waals surface area contributed by atoms with Crippen LogP contribution < -0.4 is 0 Å². The predicted molar refractivity (Wildman–Crippen MR) is 109 cm³/mol. The molecule has 0 aromatic heterocycles. The van der Waals surface area contributed by atoms with Gasteiger partial charge in [-0.15, -0.1) is 0 Å². The van der Waals surface area contributed by atoms with E-state index >= 15 is 0 Å². The van der Waals surface area contributed by atoms with E-state index in [9.17, 15) is 26.2 Å². The molecule has 31 heavy (non-hydrogen) atoms. The summed E-state index contributed by atoms with van der Waals surface area (Å²) in [5.41, 5.74) is -4.52. The molecule has 1 unspecified atom stereocenters. The molecule has 0 fully saturated rings. The summed E-state index contributed by atoms with van der Waals surface area (Å²) >= 11 is 0. The Morgan fingerprint density at radius 1 is 0.871 bits per heavy atom. The van der Waals surface area contributed by atoms with Gasteiger partial charge in [0, 0.05) is 0 Å². The molecule has 11 heteroatoms. The zero-order valence-corrected chi connectivity index (χ0v) is 18.7. The Hall–Kier alpha value is -1.71. The Kier molecular flexibility index (Phi) is 8.85. The number of hydrogen-bond acceptors (Lipinski definition) is 6. The highest BCUT2D eigenvalue weighted by molar-refractivity contribution is 7.87. The third kappa shape index (κ3) is 7.73. The van der Waals surface area contributed by atoms with Gasteiger partial charge >= 0.3 is 23.2 Å². The first-order valence-electron chi connectivity index (χ1n) is 9.39. The Morgan fingerprint density at radius 3 is 1.65 bits per heavy atom.